The monoisotopic (exact) mass is 356 g/mol. The van der Waals surface area contributed by atoms with E-state index in [-0.39, 0.29) is 6.61 Å². The summed E-state index contributed by atoms with van der Waals surface area (Å²) in [6, 6.07) is 7.15. The van der Waals surface area contributed by atoms with E-state index in [1.807, 2.05) is 19.1 Å². The van der Waals surface area contributed by atoms with Crippen molar-refractivity contribution in [3.05, 3.63) is 41.9 Å². The Labute approximate surface area is 152 Å². The molecule has 0 aliphatic carbocycles. The first-order valence-corrected chi connectivity index (χ1v) is 8.47. The number of benzene rings is 1. The second-order valence-electron chi connectivity index (χ2n) is 5.88. The van der Waals surface area contributed by atoms with Gasteiger partial charge in [-0.15, -0.1) is 0 Å². The van der Waals surface area contributed by atoms with E-state index in [1.54, 1.807) is 19.2 Å². The molecule has 1 aromatic heterocycles. The van der Waals surface area contributed by atoms with Crippen LogP contribution in [0.2, 0.25) is 6.32 Å². The summed E-state index contributed by atoms with van der Waals surface area (Å²) < 4.78 is 16.1. The number of aliphatic hydroxyl groups is 1. The molecule has 2 N–H and O–H groups in total. The molecule has 8 heteroatoms. The van der Waals surface area contributed by atoms with E-state index in [2.05, 4.69) is 9.97 Å². The van der Waals surface area contributed by atoms with Crippen LogP contribution in [0, 0.1) is 0 Å². The van der Waals surface area contributed by atoms with Gasteiger partial charge in [0.2, 0.25) is 0 Å². The maximum Gasteiger partial charge on any atom is 0.527 e. The Morgan fingerprint density at radius 2 is 2.08 bits per heavy atom. The van der Waals surface area contributed by atoms with Crippen molar-refractivity contribution in [3.8, 4) is 22.9 Å². The van der Waals surface area contributed by atoms with Crippen LogP contribution in [0.3, 0.4) is 0 Å². The van der Waals surface area contributed by atoms with E-state index in [0.29, 0.717) is 41.6 Å². The van der Waals surface area contributed by atoms with Gasteiger partial charge in [-0.3, -0.25) is 0 Å². The molecule has 7 nitrogen and oxygen atoms in total. The molecule has 1 aliphatic heterocycles. The lowest BCUT2D eigenvalue weighted by Gasteiger charge is -2.12. The molecule has 0 unspecified atom stereocenters. The van der Waals surface area contributed by atoms with Gasteiger partial charge in [-0.25, -0.2) is 9.97 Å². The number of rotatable bonds is 7. The highest BCUT2D eigenvalue weighted by Crippen LogP contribution is 2.33. The van der Waals surface area contributed by atoms with Gasteiger partial charge in [0.05, 0.1) is 38.0 Å². The second kappa shape index (κ2) is 8.20. The Bertz CT molecular complexity index is 812. The van der Waals surface area contributed by atoms with Gasteiger partial charge < -0.3 is 24.3 Å². The standard InChI is InChI=1S/C18H21BN2O5/c1-3-6-25-17-7-12(4-5-16(17)24-2)18-20-14(10-22)8-15(21-18)13-9-19(23)26-11-13/h4-5,7-8,11,22-23H,3,6,9-10H2,1-2H3. The Balaban J connectivity index is 2.00. The lowest BCUT2D eigenvalue weighted by atomic mass is 9.83. The first-order valence-electron chi connectivity index (χ1n) is 8.47. The topological polar surface area (TPSA) is 93.9 Å². The molecule has 0 saturated heterocycles. The van der Waals surface area contributed by atoms with E-state index in [4.69, 9.17) is 14.1 Å². The highest BCUT2D eigenvalue weighted by atomic mass is 16.5. The molecule has 0 amide bonds. The number of hydrogen-bond donors (Lipinski definition) is 2. The van der Waals surface area contributed by atoms with Crippen LogP contribution in [0.15, 0.2) is 30.5 Å². The molecule has 0 radical (unpaired) electrons. The van der Waals surface area contributed by atoms with Crippen LogP contribution >= 0.6 is 0 Å². The molecule has 26 heavy (non-hydrogen) atoms. The first kappa shape index (κ1) is 18.2. The van der Waals surface area contributed by atoms with Crippen LogP contribution < -0.4 is 9.47 Å². The quantitative estimate of drug-likeness (QED) is 0.735. The van der Waals surface area contributed by atoms with Crippen molar-refractivity contribution in [1.29, 1.82) is 0 Å². The SMILES string of the molecule is CCCOc1cc(-c2nc(CO)cc(C3=COB(O)C3)n2)ccc1OC. The minimum absolute atomic E-state index is 0.214. The fraction of sp³-hybridized carbons (Fsp3) is 0.333. The third-order valence-electron chi connectivity index (χ3n) is 3.92. The number of methoxy groups -OCH3 is 1. The number of allylic oxidation sites excluding steroid dienone is 1. The highest BCUT2D eigenvalue weighted by molar-refractivity contribution is 6.47. The van der Waals surface area contributed by atoms with Crippen LogP contribution in [0.1, 0.15) is 24.7 Å². The van der Waals surface area contributed by atoms with Gasteiger partial charge >= 0.3 is 7.12 Å². The van der Waals surface area contributed by atoms with Crippen molar-refractivity contribution in [2.75, 3.05) is 13.7 Å². The molecule has 0 fully saturated rings. The number of aliphatic hydroxyl groups excluding tert-OH is 1. The summed E-state index contributed by atoms with van der Waals surface area (Å²) in [5, 5.41) is 19.1. The Kier molecular flexibility index (Phi) is 5.75. The maximum atomic E-state index is 9.55. The van der Waals surface area contributed by atoms with Crippen LogP contribution in [0.5, 0.6) is 11.5 Å². The normalized spacial score (nSPS) is 13.4. The van der Waals surface area contributed by atoms with Crippen LogP contribution in [-0.2, 0) is 11.3 Å². The van der Waals surface area contributed by atoms with Crippen molar-refractivity contribution in [2.45, 2.75) is 26.3 Å². The molecular formula is C18H21BN2O5. The molecule has 0 spiro atoms. The Morgan fingerprint density at radius 3 is 2.73 bits per heavy atom. The van der Waals surface area contributed by atoms with Crippen LogP contribution in [-0.4, -0.2) is 40.9 Å². The minimum Gasteiger partial charge on any atom is -0.541 e. The third kappa shape index (κ3) is 3.97. The molecule has 3 rings (SSSR count). The molecule has 0 atom stereocenters. The average molecular weight is 356 g/mol. The second-order valence-corrected chi connectivity index (χ2v) is 5.88. The molecular weight excluding hydrogens is 335 g/mol. The van der Waals surface area contributed by atoms with Gasteiger partial charge in [-0.05, 0) is 30.7 Å². The predicted octanol–water partition coefficient (Wildman–Crippen LogP) is 2.28. The van der Waals surface area contributed by atoms with Crippen LogP contribution in [0.25, 0.3) is 17.0 Å². The fourth-order valence-corrected chi connectivity index (χ4v) is 2.62. The van der Waals surface area contributed by atoms with E-state index >= 15 is 0 Å². The Hall–Kier alpha value is -2.58. The molecule has 0 saturated carbocycles. The van der Waals surface area contributed by atoms with Crippen LogP contribution in [0.4, 0.5) is 0 Å². The number of ether oxygens (including phenoxy) is 2. The summed E-state index contributed by atoms with van der Waals surface area (Å²) in [6.07, 6.45) is 2.71. The lowest BCUT2D eigenvalue weighted by molar-refractivity contribution is 0.276. The zero-order valence-corrected chi connectivity index (χ0v) is 14.8. The van der Waals surface area contributed by atoms with Gasteiger partial charge in [-0.1, -0.05) is 6.92 Å². The fourth-order valence-electron chi connectivity index (χ4n) is 2.62. The molecule has 1 aliphatic rings. The molecule has 136 valence electrons. The molecule has 1 aromatic carbocycles. The van der Waals surface area contributed by atoms with E-state index < -0.39 is 7.12 Å². The lowest BCUT2D eigenvalue weighted by Crippen LogP contribution is -2.08. The average Bonchev–Trinajstić information content (AvgIpc) is 3.12. The summed E-state index contributed by atoms with van der Waals surface area (Å²) >= 11 is 0. The molecule has 0 bridgehead atoms. The summed E-state index contributed by atoms with van der Waals surface area (Å²) in [6.45, 7) is 2.39. The van der Waals surface area contributed by atoms with Crippen molar-refractivity contribution in [2.24, 2.45) is 0 Å². The summed E-state index contributed by atoms with van der Waals surface area (Å²) in [7, 11) is 0.725. The number of nitrogens with zero attached hydrogens (tertiary/aromatic N) is 2. The van der Waals surface area contributed by atoms with Gasteiger partial charge in [-0.2, -0.15) is 0 Å². The van der Waals surface area contributed by atoms with Crippen molar-refractivity contribution >= 4 is 12.7 Å². The van der Waals surface area contributed by atoms with Gasteiger partial charge in [0.25, 0.3) is 0 Å². The van der Waals surface area contributed by atoms with E-state index in [9.17, 15) is 10.1 Å². The molecule has 2 heterocycles. The van der Waals surface area contributed by atoms with Crippen molar-refractivity contribution in [3.63, 3.8) is 0 Å². The predicted molar refractivity (Wildman–Crippen MR) is 97.6 cm³/mol. The van der Waals surface area contributed by atoms with Gasteiger partial charge in [0.1, 0.15) is 0 Å². The maximum absolute atomic E-state index is 9.55. The third-order valence-corrected chi connectivity index (χ3v) is 3.92. The van der Waals surface area contributed by atoms with E-state index in [0.717, 1.165) is 17.6 Å². The Morgan fingerprint density at radius 1 is 1.23 bits per heavy atom. The van der Waals surface area contributed by atoms with Gasteiger partial charge in [0.15, 0.2) is 17.3 Å². The van der Waals surface area contributed by atoms with Crippen molar-refractivity contribution in [1.82, 2.24) is 9.97 Å². The largest absolute Gasteiger partial charge is 0.541 e. The smallest absolute Gasteiger partial charge is 0.527 e. The first-order chi connectivity index (χ1) is 12.6. The minimum atomic E-state index is -0.865. The zero-order chi connectivity index (χ0) is 18.5. The number of aromatic nitrogens is 2. The van der Waals surface area contributed by atoms with Gasteiger partial charge in [0, 0.05) is 17.5 Å². The summed E-state index contributed by atoms with van der Waals surface area (Å²) in [4.78, 5) is 8.97. The molecule has 2 aromatic rings. The highest BCUT2D eigenvalue weighted by Gasteiger charge is 2.25. The van der Waals surface area contributed by atoms with Crippen molar-refractivity contribution < 1.29 is 24.3 Å². The summed E-state index contributed by atoms with van der Waals surface area (Å²) in [5.74, 6) is 1.71. The van der Waals surface area contributed by atoms with E-state index in [1.165, 1.54) is 6.26 Å². The number of hydrogen-bond acceptors (Lipinski definition) is 7. The zero-order valence-electron chi connectivity index (χ0n) is 14.8. The summed E-state index contributed by atoms with van der Waals surface area (Å²) in [5.41, 5.74) is 2.60.